The van der Waals surface area contributed by atoms with Crippen molar-refractivity contribution in [2.75, 3.05) is 6.54 Å². The predicted octanol–water partition coefficient (Wildman–Crippen LogP) is 0.850. The smallest absolute Gasteiger partial charge is 0.289 e. The van der Waals surface area contributed by atoms with E-state index in [9.17, 15) is 4.79 Å². The van der Waals surface area contributed by atoms with Gasteiger partial charge >= 0.3 is 0 Å². The molecular weight excluding hydrogens is 336 g/mol. The molecular formula is C16H14N8O2. The number of aromatic nitrogens is 7. The van der Waals surface area contributed by atoms with Gasteiger partial charge in [0.1, 0.15) is 5.69 Å². The highest BCUT2D eigenvalue weighted by Gasteiger charge is 2.15. The number of rotatable bonds is 5. The monoisotopic (exact) mass is 350 g/mol. The second-order valence-electron chi connectivity index (χ2n) is 5.50. The number of nitrogens with zero attached hydrogens (tertiary/aromatic N) is 7. The highest BCUT2D eigenvalue weighted by Crippen LogP contribution is 2.11. The lowest BCUT2D eigenvalue weighted by Crippen LogP contribution is -2.27. The van der Waals surface area contributed by atoms with Crippen molar-refractivity contribution < 1.29 is 9.32 Å². The third kappa shape index (κ3) is 3.11. The topological polar surface area (TPSA) is 124 Å². The van der Waals surface area contributed by atoms with Gasteiger partial charge in [-0.1, -0.05) is 11.2 Å². The molecule has 4 rings (SSSR count). The summed E-state index contributed by atoms with van der Waals surface area (Å²) in [5, 5.41) is 14.4. The lowest BCUT2D eigenvalue weighted by atomic mass is 10.3. The maximum absolute atomic E-state index is 12.3. The molecule has 0 saturated carbocycles. The molecule has 26 heavy (non-hydrogen) atoms. The van der Waals surface area contributed by atoms with Crippen LogP contribution in [0.25, 0.3) is 17.3 Å². The Bertz CT molecular complexity index is 1060. The summed E-state index contributed by atoms with van der Waals surface area (Å²) in [6.45, 7) is 2.16. The van der Waals surface area contributed by atoms with Crippen LogP contribution in [0.15, 0.2) is 41.2 Å². The Kier molecular flexibility index (Phi) is 4.06. The summed E-state index contributed by atoms with van der Waals surface area (Å²) in [6.07, 6.45) is 3.76. The van der Waals surface area contributed by atoms with Gasteiger partial charge in [-0.3, -0.25) is 14.2 Å². The van der Waals surface area contributed by atoms with E-state index < -0.39 is 0 Å². The van der Waals surface area contributed by atoms with Crippen molar-refractivity contribution in [3.05, 3.63) is 54.1 Å². The van der Waals surface area contributed by atoms with Crippen molar-refractivity contribution in [1.82, 2.24) is 40.0 Å². The van der Waals surface area contributed by atoms with Crippen LogP contribution in [0.1, 0.15) is 22.2 Å². The summed E-state index contributed by atoms with van der Waals surface area (Å²) in [4.78, 5) is 24.9. The van der Waals surface area contributed by atoms with E-state index in [0.29, 0.717) is 36.2 Å². The molecule has 130 valence electrons. The first-order valence-electron chi connectivity index (χ1n) is 7.91. The normalized spacial score (nSPS) is 11.0. The summed E-state index contributed by atoms with van der Waals surface area (Å²) in [7, 11) is 0. The number of carbonyl (C=O) groups is 1. The molecule has 1 N–H and O–H groups in total. The molecule has 4 aromatic rings. The first-order chi connectivity index (χ1) is 12.7. The predicted molar refractivity (Wildman–Crippen MR) is 89.1 cm³/mol. The largest absolute Gasteiger partial charge is 0.349 e. The van der Waals surface area contributed by atoms with Crippen LogP contribution in [-0.4, -0.2) is 47.2 Å². The molecule has 0 aliphatic carbocycles. The summed E-state index contributed by atoms with van der Waals surface area (Å²) >= 11 is 0. The van der Waals surface area contributed by atoms with Crippen molar-refractivity contribution in [3.8, 4) is 11.5 Å². The fourth-order valence-electron chi connectivity index (χ4n) is 2.35. The van der Waals surface area contributed by atoms with Gasteiger partial charge in [0, 0.05) is 31.1 Å². The highest BCUT2D eigenvalue weighted by atomic mass is 16.5. The van der Waals surface area contributed by atoms with Crippen LogP contribution in [0.3, 0.4) is 0 Å². The molecule has 0 saturated heterocycles. The van der Waals surface area contributed by atoms with Gasteiger partial charge < -0.3 is 9.84 Å². The number of nitrogens with one attached hydrogen (secondary N) is 1. The number of fused-ring (bicyclic) bond motifs is 1. The average molecular weight is 350 g/mol. The third-order valence-corrected chi connectivity index (χ3v) is 3.61. The van der Waals surface area contributed by atoms with Crippen molar-refractivity contribution >= 4 is 11.7 Å². The van der Waals surface area contributed by atoms with Gasteiger partial charge in [-0.25, -0.2) is 4.98 Å². The van der Waals surface area contributed by atoms with E-state index >= 15 is 0 Å². The molecule has 0 aromatic carbocycles. The zero-order chi connectivity index (χ0) is 17.9. The minimum absolute atomic E-state index is 0.173. The van der Waals surface area contributed by atoms with Crippen molar-refractivity contribution in [2.24, 2.45) is 0 Å². The lowest BCUT2D eigenvalue weighted by Gasteiger charge is -2.02. The Balaban J connectivity index is 1.38. The molecule has 0 fully saturated rings. The second kappa shape index (κ2) is 6.67. The van der Waals surface area contributed by atoms with E-state index in [2.05, 4.69) is 35.6 Å². The van der Waals surface area contributed by atoms with Crippen LogP contribution in [0, 0.1) is 6.92 Å². The minimum Gasteiger partial charge on any atom is -0.349 e. The van der Waals surface area contributed by atoms with E-state index in [1.807, 2.05) is 19.1 Å². The molecule has 4 aromatic heterocycles. The third-order valence-electron chi connectivity index (χ3n) is 3.61. The molecule has 0 bridgehead atoms. The number of amides is 1. The van der Waals surface area contributed by atoms with Gasteiger partial charge in [0.05, 0.1) is 0 Å². The van der Waals surface area contributed by atoms with Gasteiger partial charge in [0.25, 0.3) is 11.7 Å². The molecule has 0 spiro atoms. The zero-order valence-corrected chi connectivity index (χ0v) is 13.8. The minimum atomic E-state index is -0.354. The Hall–Kier alpha value is -3.69. The van der Waals surface area contributed by atoms with Gasteiger partial charge in [0.15, 0.2) is 0 Å². The SMILES string of the molecule is Cc1ccn2c(C(=O)NCCc3nc(-c4ccccn4)no3)nnc2n1. The molecule has 0 aliphatic rings. The first-order valence-corrected chi connectivity index (χ1v) is 7.91. The maximum Gasteiger partial charge on any atom is 0.289 e. The van der Waals surface area contributed by atoms with E-state index in [-0.39, 0.29) is 11.7 Å². The summed E-state index contributed by atoms with van der Waals surface area (Å²) in [5.74, 6) is 1.03. The van der Waals surface area contributed by atoms with E-state index in [1.54, 1.807) is 24.5 Å². The van der Waals surface area contributed by atoms with Crippen molar-refractivity contribution in [3.63, 3.8) is 0 Å². The second-order valence-corrected chi connectivity index (χ2v) is 5.50. The fourth-order valence-corrected chi connectivity index (χ4v) is 2.35. The first kappa shape index (κ1) is 15.8. The van der Waals surface area contributed by atoms with Crippen LogP contribution >= 0.6 is 0 Å². The summed E-state index contributed by atoms with van der Waals surface area (Å²) in [6, 6.07) is 7.23. The molecule has 0 aliphatic heterocycles. The molecule has 1 amide bonds. The summed E-state index contributed by atoms with van der Waals surface area (Å²) in [5.41, 5.74) is 1.43. The molecule has 0 radical (unpaired) electrons. The Morgan fingerprint density at radius 1 is 1.23 bits per heavy atom. The van der Waals surface area contributed by atoms with Gasteiger partial charge in [-0.2, -0.15) is 4.98 Å². The Labute approximate surface area is 147 Å². The number of hydrogen-bond donors (Lipinski definition) is 1. The Morgan fingerprint density at radius 2 is 2.15 bits per heavy atom. The lowest BCUT2D eigenvalue weighted by molar-refractivity contribution is 0.0942. The van der Waals surface area contributed by atoms with E-state index in [1.165, 1.54) is 4.40 Å². The number of pyridine rings is 1. The molecule has 0 atom stereocenters. The average Bonchev–Trinajstić information content (AvgIpc) is 3.29. The molecule has 10 heteroatoms. The van der Waals surface area contributed by atoms with Crippen LogP contribution in [-0.2, 0) is 6.42 Å². The highest BCUT2D eigenvalue weighted by molar-refractivity contribution is 5.91. The standard InChI is InChI=1S/C16H14N8O2/c1-10-6-9-24-14(21-22-16(24)19-10)15(25)18-8-5-12-20-13(23-26-12)11-4-2-3-7-17-11/h2-4,6-7,9H,5,8H2,1H3,(H,18,25). The molecule has 0 unspecified atom stereocenters. The van der Waals surface area contributed by atoms with Gasteiger partial charge in [0.2, 0.25) is 17.5 Å². The quantitative estimate of drug-likeness (QED) is 0.562. The van der Waals surface area contributed by atoms with Crippen LogP contribution in [0.2, 0.25) is 0 Å². The number of hydrogen-bond acceptors (Lipinski definition) is 8. The number of carbonyl (C=O) groups excluding carboxylic acids is 1. The van der Waals surface area contributed by atoms with Gasteiger partial charge in [-0.05, 0) is 25.1 Å². The maximum atomic E-state index is 12.3. The van der Waals surface area contributed by atoms with Crippen molar-refractivity contribution in [1.29, 1.82) is 0 Å². The van der Waals surface area contributed by atoms with Crippen molar-refractivity contribution in [2.45, 2.75) is 13.3 Å². The fraction of sp³-hybridized carbons (Fsp3) is 0.188. The molecule has 4 heterocycles. The molecule has 10 nitrogen and oxygen atoms in total. The van der Waals surface area contributed by atoms with Crippen LogP contribution in [0.4, 0.5) is 0 Å². The number of aryl methyl sites for hydroxylation is 1. The Morgan fingerprint density at radius 3 is 3.00 bits per heavy atom. The van der Waals surface area contributed by atoms with E-state index in [0.717, 1.165) is 5.69 Å². The summed E-state index contributed by atoms with van der Waals surface area (Å²) < 4.78 is 6.72. The van der Waals surface area contributed by atoms with E-state index in [4.69, 9.17) is 4.52 Å². The van der Waals surface area contributed by atoms with Crippen LogP contribution < -0.4 is 5.32 Å². The zero-order valence-electron chi connectivity index (χ0n) is 13.8. The van der Waals surface area contributed by atoms with Gasteiger partial charge in [-0.15, -0.1) is 10.2 Å². The van der Waals surface area contributed by atoms with Crippen LogP contribution in [0.5, 0.6) is 0 Å².